The quantitative estimate of drug-likeness (QED) is 0.847. The first-order valence-corrected chi connectivity index (χ1v) is 6.85. The van der Waals surface area contributed by atoms with Gasteiger partial charge in [-0.15, -0.1) is 0 Å². The number of nitrogens with one attached hydrogen (secondary N) is 1. The molecule has 3 N–H and O–H groups in total. The third-order valence-electron chi connectivity index (χ3n) is 3.15. The molecule has 2 aromatic rings. The number of carbonyl (C=O) groups excluding carboxylic acids is 1. The molecule has 22 heavy (non-hydrogen) atoms. The van der Waals surface area contributed by atoms with E-state index < -0.39 is 0 Å². The zero-order valence-electron chi connectivity index (χ0n) is 12.6. The van der Waals surface area contributed by atoms with Crippen LogP contribution in [0.25, 0.3) is 0 Å². The minimum absolute atomic E-state index is 0.243. The Hall–Kier alpha value is -2.76. The Morgan fingerprint density at radius 1 is 1.18 bits per heavy atom. The number of carbonyl (C=O) groups is 1. The molecule has 0 aliphatic rings. The minimum atomic E-state index is -0.243. The highest BCUT2D eigenvalue weighted by Crippen LogP contribution is 2.27. The van der Waals surface area contributed by atoms with Gasteiger partial charge in [0.05, 0.1) is 14.2 Å². The Labute approximate surface area is 129 Å². The average Bonchev–Trinajstić information content (AvgIpc) is 2.54. The maximum atomic E-state index is 11.9. The third kappa shape index (κ3) is 3.88. The Morgan fingerprint density at radius 3 is 2.64 bits per heavy atom. The fourth-order valence-corrected chi connectivity index (χ4v) is 2.02. The molecule has 0 spiro atoms. The summed E-state index contributed by atoms with van der Waals surface area (Å²) in [4.78, 5) is 15.9. The van der Waals surface area contributed by atoms with Gasteiger partial charge < -0.3 is 20.5 Å². The van der Waals surface area contributed by atoms with Crippen molar-refractivity contribution in [2.75, 3.05) is 26.5 Å². The molecule has 0 unspecified atom stereocenters. The van der Waals surface area contributed by atoms with Crippen LogP contribution in [0.1, 0.15) is 16.1 Å². The fraction of sp³-hybridized carbons (Fsp3) is 0.250. The first-order valence-electron chi connectivity index (χ1n) is 6.85. The van der Waals surface area contributed by atoms with Crippen molar-refractivity contribution >= 4 is 11.7 Å². The molecular formula is C16H19N3O3. The summed E-state index contributed by atoms with van der Waals surface area (Å²) in [7, 11) is 3.19. The number of pyridine rings is 1. The molecule has 1 aromatic carbocycles. The van der Waals surface area contributed by atoms with Crippen LogP contribution in [-0.4, -0.2) is 31.7 Å². The van der Waals surface area contributed by atoms with E-state index in [1.165, 1.54) is 0 Å². The lowest BCUT2D eigenvalue weighted by Gasteiger charge is -2.10. The molecule has 0 bridgehead atoms. The largest absolute Gasteiger partial charge is 0.493 e. The number of hydrogen-bond acceptors (Lipinski definition) is 5. The lowest BCUT2D eigenvalue weighted by molar-refractivity contribution is 0.0949. The van der Waals surface area contributed by atoms with E-state index in [0.29, 0.717) is 36.0 Å². The summed E-state index contributed by atoms with van der Waals surface area (Å²) in [6.45, 7) is 0.491. The number of nitrogens with zero attached hydrogens (tertiary/aromatic N) is 1. The van der Waals surface area contributed by atoms with Gasteiger partial charge in [-0.2, -0.15) is 0 Å². The maximum absolute atomic E-state index is 11.9. The zero-order chi connectivity index (χ0) is 15.9. The van der Waals surface area contributed by atoms with Crippen LogP contribution in [0.4, 0.5) is 5.82 Å². The molecule has 6 heteroatoms. The van der Waals surface area contributed by atoms with Gasteiger partial charge in [-0.1, -0.05) is 12.1 Å². The monoisotopic (exact) mass is 301 g/mol. The zero-order valence-corrected chi connectivity index (χ0v) is 12.6. The second-order valence-corrected chi connectivity index (χ2v) is 4.64. The summed E-state index contributed by atoms with van der Waals surface area (Å²) in [6, 6.07) is 10.6. The second kappa shape index (κ2) is 7.31. The van der Waals surface area contributed by atoms with Gasteiger partial charge in [0.2, 0.25) is 0 Å². The molecule has 0 aliphatic carbocycles. The van der Waals surface area contributed by atoms with Crippen LogP contribution < -0.4 is 20.5 Å². The topological polar surface area (TPSA) is 86.5 Å². The molecule has 1 aromatic heterocycles. The van der Waals surface area contributed by atoms with Gasteiger partial charge in [0, 0.05) is 6.54 Å². The van der Waals surface area contributed by atoms with Gasteiger partial charge in [-0.3, -0.25) is 4.79 Å². The van der Waals surface area contributed by atoms with E-state index in [4.69, 9.17) is 15.2 Å². The van der Waals surface area contributed by atoms with Crippen LogP contribution >= 0.6 is 0 Å². The number of nitrogens with two attached hydrogens (primary N) is 1. The highest BCUT2D eigenvalue weighted by molar-refractivity contribution is 5.92. The number of ether oxygens (including phenoxy) is 2. The highest BCUT2D eigenvalue weighted by Gasteiger charge is 2.08. The van der Waals surface area contributed by atoms with E-state index in [-0.39, 0.29) is 5.91 Å². The maximum Gasteiger partial charge on any atom is 0.269 e. The lowest BCUT2D eigenvalue weighted by atomic mass is 10.1. The number of benzene rings is 1. The predicted molar refractivity (Wildman–Crippen MR) is 84.2 cm³/mol. The van der Waals surface area contributed by atoms with E-state index in [9.17, 15) is 4.79 Å². The number of rotatable bonds is 6. The van der Waals surface area contributed by atoms with E-state index in [0.717, 1.165) is 5.56 Å². The van der Waals surface area contributed by atoms with Gasteiger partial charge in [0.25, 0.3) is 5.91 Å². The smallest absolute Gasteiger partial charge is 0.269 e. The molecule has 6 nitrogen and oxygen atoms in total. The minimum Gasteiger partial charge on any atom is -0.493 e. The van der Waals surface area contributed by atoms with E-state index in [1.807, 2.05) is 18.2 Å². The van der Waals surface area contributed by atoms with Gasteiger partial charge in [0.15, 0.2) is 11.5 Å². The molecule has 1 amide bonds. The van der Waals surface area contributed by atoms with Crippen LogP contribution in [0, 0.1) is 0 Å². The van der Waals surface area contributed by atoms with E-state index >= 15 is 0 Å². The summed E-state index contributed by atoms with van der Waals surface area (Å²) in [5.74, 6) is 1.43. The summed E-state index contributed by atoms with van der Waals surface area (Å²) < 4.78 is 10.4. The van der Waals surface area contributed by atoms with Crippen LogP contribution in [0.2, 0.25) is 0 Å². The number of nitrogen functional groups attached to an aromatic ring is 1. The fourth-order valence-electron chi connectivity index (χ4n) is 2.02. The summed E-state index contributed by atoms with van der Waals surface area (Å²) in [5, 5.41) is 2.81. The number of methoxy groups -OCH3 is 2. The molecule has 1 heterocycles. The standard InChI is InChI=1S/C16H19N3O3/c1-21-13-7-6-11(10-14(13)22-2)8-9-18-16(20)12-4-3-5-15(17)19-12/h3-7,10H,8-9H2,1-2H3,(H2,17,19)(H,18,20). The van der Waals surface area contributed by atoms with Crippen molar-refractivity contribution in [3.8, 4) is 11.5 Å². The Kier molecular flexibility index (Phi) is 5.19. The lowest BCUT2D eigenvalue weighted by Crippen LogP contribution is -2.26. The van der Waals surface area contributed by atoms with Crippen molar-refractivity contribution in [1.82, 2.24) is 10.3 Å². The molecule has 0 aliphatic heterocycles. The molecule has 0 fully saturated rings. The van der Waals surface area contributed by atoms with Gasteiger partial charge in [-0.25, -0.2) is 4.98 Å². The predicted octanol–water partition coefficient (Wildman–Crippen LogP) is 1.65. The highest BCUT2D eigenvalue weighted by atomic mass is 16.5. The molecule has 0 atom stereocenters. The van der Waals surface area contributed by atoms with Crippen molar-refractivity contribution < 1.29 is 14.3 Å². The van der Waals surface area contributed by atoms with Crippen molar-refractivity contribution in [1.29, 1.82) is 0 Å². The number of anilines is 1. The van der Waals surface area contributed by atoms with Crippen LogP contribution in [0.15, 0.2) is 36.4 Å². The Balaban J connectivity index is 1.92. The van der Waals surface area contributed by atoms with Crippen LogP contribution in [-0.2, 0) is 6.42 Å². The van der Waals surface area contributed by atoms with Crippen molar-refractivity contribution in [3.63, 3.8) is 0 Å². The molecule has 0 saturated carbocycles. The Bertz CT molecular complexity index is 659. The van der Waals surface area contributed by atoms with Gasteiger partial charge in [-0.05, 0) is 36.2 Å². The molecule has 2 rings (SSSR count). The van der Waals surface area contributed by atoms with E-state index in [1.54, 1.807) is 32.4 Å². The summed E-state index contributed by atoms with van der Waals surface area (Å²) in [6.07, 6.45) is 0.675. The summed E-state index contributed by atoms with van der Waals surface area (Å²) in [5.41, 5.74) is 6.91. The van der Waals surface area contributed by atoms with Crippen LogP contribution in [0.5, 0.6) is 11.5 Å². The first-order chi connectivity index (χ1) is 10.6. The molecule has 0 radical (unpaired) electrons. The Morgan fingerprint density at radius 2 is 1.95 bits per heavy atom. The normalized spacial score (nSPS) is 10.1. The second-order valence-electron chi connectivity index (χ2n) is 4.64. The SMILES string of the molecule is COc1ccc(CCNC(=O)c2cccc(N)n2)cc1OC. The number of aromatic nitrogens is 1. The molecular weight excluding hydrogens is 282 g/mol. The molecule has 116 valence electrons. The van der Waals surface area contributed by atoms with Gasteiger partial charge >= 0.3 is 0 Å². The van der Waals surface area contributed by atoms with Crippen LogP contribution in [0.3, 0.4) is 0 Å². The van der Waals surface area contributed by atoms with E-state index in [2.05, 4.69) is 10.3 Å². The van der Waals surface area contributed by atoms with Gasteiger partial charge in [0.1, 0.15) is 11.5 Å². The van der Waals surface area contributed by atoms with Crippen molar-refractivity contribution in [2.24, 2.45) is 0 Å². The van der Waals surface area contributed by atoms with Crippen molar-refractivity contribution in [2.45, 2.75) is 6.42 Å². The first kappa shape index (κ1) is 15.6. The third-order valence-corrected chi connectivity index (χ3v) is 3.15. The molecule has 0 saturated heterocycles. The number of hydrogen-bond donors (Lipinski definition) is 2. The summed E-state index contributed by atoms with van der Waals surface area (Å²) >= 11 is 0. The average molecular weight is 301 g/mol. The number of amides is 1. The van der Waals surface area contributed by atoms with Crippen molar-refractivity contribution in [3.05, 3.63) is 47.7 Å².